The highest BCUT2D eigenvalue weighted by molar-refractivity contribution is 5.49. The van der Waals surface area contributed by atoms with Crippen LogP contribution in [0.1, 0.15) is 12.5 Å². The Balaban J connectivity index is 1.79. The fraction of sp³-hybridized carbons (Fsp3) is 0.200. The lowest BCUT2D eigenvalue weighted by Gasteiger charge is -2.27. The van der Waals surface area contributed by atoms with Crippen LogP contribution in [0, 0.1) is 0 Å². The van der Waals surface area contributed by atoms with Crippen molar-refractivity contribution in [3.8, 4) is 0 Å². The average molecular weight is 272 g/mol. The summed E-state index contributed by atoms with van der Waals surface area (Å²) >= 11 is 0. The molecule has 2 aliphatic rings. The van der Waals surface area contributed by atoms with Crippen LogP contribution in [0.2, 0.25) is 0 Å². The summed E-state index contributed by atoms with van der Waals surface area (Å²) in [5.41, 5.74) is 6.30. The van der Waals surface area contributed by atoms with Crippen LogP contribution in [0.4, 0.5) is 0 Å². The molecule has 0 saturated carbocycles. The first-order chi connectivity index (χ1) is 9.79. The van der Waals surface area contributed by atoms with E-state index in [0.29, 0.717) is 18.1 Å². The van der Waals surface area contributed by atoms with Crippen molar-refractivity contribution in [2.75, 3.05) is 6.61 Å². The Kier molecular flexibility index (Phi) is 3.45. The van der Waals surface area contributed by atoms with Crippen LogP contribution >= 0.6 is 0 Å². The Morgan fingerprint density at radius 2 is 2.10 bits per heavy atom. The molecule has 0 aromatic heterocycles. The van der Waals surface area contributed by atoms with Gasteiger partial charge in [-0.15, -0.1) is 0 Å². The van der Waals surface area contributed by atoms with Gasteiger partial charge in [0.2, 0.25) is 0 Å². The highest BCUT2D eigenvalue weighted by Crippen LogP contribution is 2.33. The molecule has 2 N–H and O–H groups in total. The number of benzene rings is 1. The maximum absolute atomic E-state index is 9.55. The number of fused-ring (bicyclic) bond motifs is 1. The largest absolute Gasteiger partial charge is 0.390 e. The molecule has 0 spiro atoms. The van der Waals surface area contributed by atoms with E-state index in [-0.39, 0.29) is 6.61 Å². The van der Waals surface area contributed by atoms with E-state index in [1.807, 2.05) is 43.5 Å². The van der Waals surface area contributed by atoms with Crippen LogP contribution < -0.4 is 5.48 Å². The molecule has 0 saturated heterocycles. The highest BCUT2D eigenvalue weighted by Gasteiger charge is 2.28. The van der Waals surface area contributed by atoms with Crippen molar-refractivity contribution in [2.45, 2.75) is 13.5 Å². The molecular formula is C15H16N2O3. The van der Waals surface area contributed by atoms with Crippen LogP contribution in [0.25, 0.3) is 0 Å². The number of allylic oxidation sites excluding steroid dienone is 1. The average Bonchev–Trinajstić information content (AvgIpc) is 2.96. The molecule has 1 aromatic rings. The summed E-state index contributed by atoms with van der Waals surface area (Å²) in [5, 5.41) is 11.1. The minimum atomic E-state index is -0.160. The van der Waals surface area contributed by atoms with Gasteiger partial charge < -0.3 is 9.94 Å². The van der Waals surface area contributed by atoms with Crippen molar-refractivity contribution in [2.24, 2.45) is 0 Å². The molecule has 5 heteroatoms. The van der Waals surface area contributed by atoms with Crippen molar-refractivity contribution in [1.29, 1.82) is 0 Å². The van der Waals surface area contributed by atoms with E-state index in [9.17, 15) is 5.11 Å². The van der Waals surface area contributed by atoms with Gasteiger partial charge in [-0.1, -0.05) is 30.3 Å². The predicted molar refractivity (Wildman–Crippen MR) is 73.2 cm³/mol. The van der Waals surface area contributed by atoms with Crippen LogP contribution in [-0.4, -0.2) is 16.8 Å². The van der Waals surface area contributed by atoms with Gasteiger partial charge in [-0.3, -0.25) is 4.84 Å². The van der Waals surface area contributed by atoms with Crippen molar-refractivity contribution in [3.05, 3.63) is 70.9 Å². The van der Waals surface area contributed by atoms with Gasteiger partial charge in [-0.25, -0.2) is 10.5 Å². The standard InChI is InChI=1S/C15H16N2O3/c1-11-8-17(19-10-12-5-3-2-4-6-12)14(9-18)15-13(11)7-16-20-15/h2-8,16,18H,9-10H2,1H3. The van der Waals surface area contributed by atoms with Gasteiger partial charge in [0, 0.05) is 18.0 Å². The zero-order chi connectivity index (χ0) is 13.9. The molecule has 2 heterocycles. The molecule has 5 nitrogen and oxygen atoms in total. The van der Waals surface area contributed by atoms with E-state index in [4.69, 9.17) is 9.68 Å². The predicted octanol–water partition coefficient (Wildman–Crippen LogP) is 1.96. The molecule has 3 rings (SSSR count). The zero-order valence-electron chi connectivity index (χ0n) is 11.2. The summed E-state index contributed by atoms with van der Waals surface area (Å²) in [7, 11) is 0. The molecule has 0 atom stereocenters. The van der Waals surface area contributed by atoms with E-state index in [0.717, 1.165) is 16.7 Å². The third-order valence-corrected chi connectivity index (χ3v) is 3.24. The number of hydrogen-bond acceptors (Lipinski definition) is 5. The molecule has 0 fully saturated rings. The Morgan fingerprint density at radius 1 is 1.30 bits per heavy atom. The second-order valence-electron chi connectivity index (χ2n) is 4.61. The molecule has 2 aliphatic heterocycles. The smallest absolute Gasteiger partial charge is 0.188 e. The third-order valence-electron chi connectivity index (χ3n) is 3.24. The van der Waals surface area contributed by atoms with Crippen molar-refractivity contribution >= 4 is 0 Å². The topological polar surface area (TPSA) is 54.0 Å². The third kappa shape index (κ3) is 2.29. The molecule has 0 amide bonds. The minimum absolute atomic E-state index is 0.160. The minimum Gasteiger partial charge on any atom is -0.390 e. The Morgan fingerprint density at radius 3 is 2.85 bits per heavy atom. The molecule has 1 aromatic carbocycles. The molecule has 104 valence electrons. The van der Waals surface area contributed by atoms with Crippen LogP contribution in [0.3, 0.4) is 0 Å². The normalized spacial score (nSPS) is 17.2. The fourth-order valence-electron chi connectivity index (χ4n) is 2.17. The second-order valence-corrected chi connectivity index (χ2v) is 4.61. The van der Waals surface area contributed by atoms with Crippen LogP contribution in [0.15, 0.2) is 65.3 Å². The quantitative estimate of drug-likeness (QED) is 0.877. The highest BCUT2D eigenvalue weighted by atomic mass is 16.7. The maximum Gasteiger partial charge on any atom is 0.188 e. The molecule has 0 bridgehead atoms. The number of hydrogen-bond donors (Lipinski definition) is 2. The van der Waals surface area contributed by atoms with Crippen LogP contribution in [0.5, 0.6) is 0 Å². The van der Waals surface area contributed by atoms with Crippen molar-refractivity contribution < 1.29 is 14.8 Å². The SMILES string of the molecule is CC1=CN(OCc2ccccc2)C(CO)=C2ONC=C12. The Labute approximate surface area is 117 Å². The Bertz CT molecular complexity index is 590. The van der Waals surface area contributed by atoms with Gasteiger partial charge in [0.25, 0.3) is 0 Å². The number of nitrogens with zero attached hydrogens (tertiary/aromatic N) is 1. The number of rotatable bonds is 4. The molecule has 0 aliphatic carbocycles. The number of nitrogens with one attached hydrogen (secondary N) is 1. The van der Waals surface area contributed by atoms with Gasteiger partial charge in [0.05, 0.1) is 6.61 Å². The number of aliphatic hydroxyl groups is 1. The molecular weight excluding hydrogens is 256 g/mol. The summed E-state index contributed by atoms with van der Waals surface area (Å²) in [6, 6.07) is 9.87. The van der Waals surface area contributed by atoms with E-state index in [1.54, 1.807) is 11.3 Å². The zero-order valence-corrected chi connectivity index (χ0v) is 11.2. The molecule has 20 heavy (non-hydrogen) atoms. The molecule has 0 radical (unpaired) electrons. The van der Waals surface area contributed by atoms with Gasteiger partial charge in [-0.05, 0) is 18.1 Å². The number of hydroxylamine groups is 3. The first-order valence-electron chi connectivity index (χ1n) is 6.41. The maximum atomic E-state index is 9.55. The number of aliphatic hydroxyl groups excluding tert-OH is 1. The van der Waals surface area contributed by atoms with E-state index < -0.39 is 0 Å². The summed E-state index contributed by atoms with van der Waals surface area (Å²) in [6.07, 6.45) is 3.62. The second kappa shape index (κ2) is 5.40. The van der Waals surface area contributed by atoms with Crippen LogP contribution in [-0.2, 0) is 16.3 Å². The van der Waals surface area contributed by atoms with Gasteiger partial charge in [-0.2, -0.15) is 0 Å². The summed E-state index contributed by atoms with van der Waals surface area (Å²) in [6.45, 7) is 2.23. The lowest BCUT2D eigenvalue weighted by Crippen LogP contribution is -2.25. The van der Waals surface area contributed by atoms with Gasteiger partial charge in [0.1, 0.15) is 12.3 Å². The van der Waals surface area contributed by atoms with E-state index in [2.05, 4.69) is 5.48 Å². The summed E-state index contributed by atoms with van der Waals surface area (Å²) < 4.78 is 0. The van der Waals surface area contributed by atoms with Gasteiger partial charge in [0.15, 0.2) is 5.76 Å². The fourth-order valence-corrected chi connectivity index (χ4v) is 2.17. The van der Waals surface area contributed by atoms with Crippen molar-refractivity contribution in [1.82, 2.24) is 10.5 Å². The van der Waals surface area contributed by atoms with E-state index in [1.165, 1.54) is 0 Å². The van der Waals surface area contributed by atoms with Crippen molar-refractivity contribution in [3.63, 3.8) is 0 Å². The van der Waals surface area contributed by atoms with Gasteiger partial charge >= 0.3 is 0 Å². The monoisotopic (exact) mass is 272 g/mol. The van der Waals surface area contributed by atoms with E-state index >= 15 is 0 Å². The lowest BCUT2D eigenvalue weighted by molar-refractivity contribution is -0.115. The summed E-state index contributed by atoms with van der Waals surface area (Å²) in [4.78, 5) is 11.1. The summed E-state index contributed by atoms with van der Waals surface area (Å²) in [5.74, 6) is 0.612. The lowest BCUT2D eigenvalue weighted by atomic mass is 10.0. The first kappa shape index (κ1) is 12.8. The molecule has 0 unspecified atom stereocenters. The first-order valence-corrected chi connectivity index (χ1v) is 6.41. The Hall–Kier alpha value is -2.24.